The second-order valence-electron chi connectivity index (χ2n) is 9.86. The van der Waals surface area contributed by atoms with Gasteiger partial charge in [-0.2, -0.15) is 6.07 Å². The summed E-state index contributed by atoms with van der Waals surface area (Å²) in [5.41, 5.74) is 1.24. The molecule has 6 aromatic carbocycles. The summed E-state index contributed by atoms with van der Waals surface area (Å²) in [5, 5.41) is 5.61. The third kappa shape index (κ3) is 8.24. The molecule has 1 atom stereocenters. The van der Waals surface area contributed by atoms with E-state index in [1.54, 1.807) is 24.3 Å². The molecule has 0 aliphatic heterocycles. The van der Waals surface area contributed by atoms with E-state index in [-0.39, 0.29) is 34.7 Å². The van der Waals surface area contributed by atoms with Crippen molar-refractivity contribution in [3.8, 4) is 0 Å². The van der Waals surface area contributed by atoms with E-state index >= 15 is 0 Å². The van der Waals surface area contributed by atoms with Crippen LogP contribution < -0.4 is 26.5 Å². The molecule has 0 aliphatic rings. The number of benzene rings is 4. The van der Waals surface area contributed by atoms with Gasteiger partial charge in [-0.25, -0.2) is 20.9 Å². The van der Waals surface area contributed by atoms with Crippen molar-refractivity contribution in [1.29, 1.82) is 0 Å². The van der Waals surface area contributed by atoms with Crippen LogP contribution in [0.4, 0.5) is 8.78 Å². The molecule has 0 unspecified atom stereocenters. The molecule has 0 aliphatic carbocycles. The first-order chi connectivity index (χ1) is 20.5. The minimum atomic E-state index is -1.17. The van der Waals surface area contributed by atoms with Crippen LogP contribution in [0.5, 0.6) is 0 Å². The summed E-state index contributed by atoms with van der Waals surface area (Å²) in [5.74, 6) is -0.568. The van der Waals surface area contributed by atoms with Gasteiger partial charge in [0.15, 0.2) is 0 Å². The van der Waals surface area contributed by atoms with Crippen LogP contribution in [0.25, 0.3) is 0 Å². The van der Waals surface area contributed by atoms with Crippen LogP contribution >= 0.6 is 16.0 Å². The third-order valence-electron chi connectivity index (χ3n) is 7.08. The number of nitrogens with zero attached hydrogens (tertiary/aromatic N) is 1. The zero-order valence-electron chi connectivity index (χ0n) is 24.0. The summed E-state index contributed by atoms with van der Waals surface area (Å²) in [4.78, 5) is 0. The number of hydrogen-bond donors (Lipinski definition) is 0. The average Bonchev–Trinajstić information content (AvgIpc) is 3.75. The van der Waals surface area contributed by atoms with Crippen LogP contribution in [0, 0.1) is 11.6 Å². The Balaban J connectivity index is 0.000000641. The van der Waals surface area contributed by atoms with Crippen LogP contribution in [0.3, 0.4) is 0 Å². The van der Waals surface area contributed by atoms with Crippen molar-refractivity contribution < 1.29 is 25.8 Å². The van der Waals surface area contributed by atoms with E-state index < -0.39 is 16.0 Å². The molecule has 0 saturated carbocycles. The van der Waals surface area contributed by atoms with Crippen molar-refractivity contribution in [2.75, 3.05) is 7.05 Å². The molecular formula is C37H33F2FeNP2-6. The van der Waals surface area contributed by atoms with E-state index in [0.29, 0.717) is 0 Å². The monoisotopic (exact) mass is 647 g/mol. The van der Waals surface area contributed by atoms with Gasteiger partial charge in [0.1, 0.15) is 11.6 Å². The topological polar surface area (TPSA) is 3.24 Å². The van der Waals surface area contributed by atoms with Crippen LogP contribution in [0.15, 0.2) is 158 Å². The van der Waals surface area contributed by atoms with Gasteiger partial charge in [-0.15, -0.1) is 10.9 Å². The molecule has 1 nitrogen and oxygen atoms in total. The first kappa shape index (κ1) is 32.7. The zero-order chi connectivity index (χ0) is 29.3. The van der Waals surface area contributed by atoms with Crippen molar-refractivity contribution in [3.63, 3.8) is 0 Å². The summed E-state index contributed by atoms with van der Waals surface area (Å²) in [6, 6.07) is 51.3. The Morgan fingerprint density at radius 3 is 1.49 bits per heavy atom. The molecular weight excluding hydrogens is 614 g/mol. The van der Waals surface area contributed by atoms with Gasteiger partial charge in [-0.3, -0.25) is 4.67 Å². The van der Waals surface area contributed by atoms with Crippen LogP contribution in [-0.4, -0.2) is 11.7 Å². The van der Waals surface area contributed by atoms with E-state index in [1.165, 1.54) is 33.6 Å². The van der Waals surface area contributed by atoms with Crippen molar-refractivity contribution in [2.24, 2.45) is 0 Å². The average molecular weight is 647 g/mol. The predicted molar refractivity (Wildman–Crippen MR) is 178 cm³/mol. The summed E-state index contributed by atoms with van der Waals surface area (Å²) in [6.07, 6.45) is 0. The molecule has 0 spiro atoms. The van der Waals surface area contributed by atoms with Gasteiger partial charge < -0.3 is 30.3 Å². The fourth-order valence-electron chi connectivity index (χ4n) is 4.99. The van der Waals surface area contributed by atoms with Crippen LogP contribution in [0.1, 0.15) is 18.5 Å². The molecule has 0 fully saturated rings. The minimum Gasteiger partial charge on any atom is -0.748 e. The molecule has 0 radical (unpaired) electrons. The molecule has 0 bridgehead atoms. The summed E-state index contributed by atoms with van der Waals surface area (Å²) < 4.78 is 30.9. The normalized spacial score (nSPS) is 11.6. The largest absolute Gasteiger partial charge is 0.748 e. The quantitative estimate of drug-likeness (QED) is 0.0924. The summed E-state index contributed by atoms with van der Waals surface area (Å²) in [6.45, 7) is 2.19. The number of rotatable bonds is 8. The first-order valence-corrected chi connectivity index (χ1v) is 16.5. The molecule has 6 heteroatoms. The first-order valence-electron chi connectivity index (χ1n) is 13.9. The molecule has 0 N–H and O–H groups in total. The molecule has 6 aromatic rings. The summed E-state index contributed by atoms with van der Waals surface area (Å²) in [7, 11) is 0.133. The maximum absolute atomic E-state index is 14.3. The smallest absolute Gasteiger partial charge is 0.123 e. The predicted octanol–water partition coefficient (Wildman–Crippen LogP) is 7.89. The Kier molecular flexibility index (Phi) is 12.2. The number of hydrogen-bond acceptors (Lipinski definition) is 1. The van der Waals surface area contributed by atoms with Crippen molar-refractivity contribution in [2.45, 2.75) is 13.0 Å². The van der Waals surface area contributed by atoms with Crippen molar-refractivity contribution in [1.82, 2.24) is 4.67 Å². The second-order valence-corrected chi connectivity index (χ2v) is 14.3. The fourth-order valence-corrected chi connectivity index (χ4v) is 9.98. The van der Waals surface area contributed by atoms with E-state index in [1.807, 2.05) is 42.5 Å². The van der Waals surface area contributed by atoms with E-state index in [4.69, 9.17) is 0 Å². The Bertz CT molecular complexity index is 1550. The maximum atomic E-state index is 14.3. The number of halogens is 2. The summed E-state index contributed by atoms with van der Waals surface area (Å²) >= 11 is 0. The Morgan fingerprint density at radius 1 is 0.605 bits per heavy atom. The van der Waals surface area contributed by atoms with E-state index in [9.17, 15) is 8.78 Å². The van der Waals surface area contributed by atoms with Gasteiger partial charge in [0.05, 0.1) is 0 Å². The Hall–Kier alpha value is -3.22. The Morgan fingerprint density at radius 2 is 1.05 bits per heavy atom. The second kappa shape index (κ2) is 16.0. The van der Waals surface area contributed by atoms with E-state index in [0.717, 1.165) is 10.6 Å². The SMILES string of the molecule is C[C@H]([c-]1cccc1P(c1ccccc1)c1ccccc1)N(C)P(c1cccc(F)c1)c1cccc(F)c1.[Fe].[cH-]1[cH-][cH-][cH-][cH-]1. The van der Waals surface area contributed by atoms with Crippen molar-refractivity contribution >= 4 is 42.5 Å². The van der Waals surface area contributed by atoms with Crippen molar-refractivity contribution in [3.05, 3.63) is 175 Å². The molecule has 0 saturated heterocycles. The van der Waals surface area contributed by atoms with Crippen LogP contribution in [0.2, 0.25) is 0 Å². The molecule has 6 rings (SSSR count). The zero-order valence-corrected chi connectivity index (χ0v) is 26.9. The van der Waals surface area contributed by atoms with Gasteiger partial charge in [-0.05, 0) is 66.5 Å². The minimum absolute atomic E-state index is 0. The van der Waals surface area contributed by atoms with Gasteiger partial charge >= 0.3 is 0 Å². The standard InChI is InChI=1S/C32H28F2NP2.C5H5.Fe/c1-24(35(2)37(29-18-9-12-25(33)22-29)30-19-10-13-26(34)23-30)31-20-11-21-32(31)36(27-14-5-3-6-15-27)28-16-7-4-8-17-28;1-2-4-5-3-1;/h3-24H,1-2H3;1-5H;/q-1;-5;/t24-;;/m1../s1. The van der Waals surface area contributed by atoms with Gasteiger partial charge in [0.2, 0.25) is 0 Å². The van der Waals surface area contributed by atoms with Gasteiger partial charge in [0.25, 0.3) is 0 Å². The molecule has 0 heterocycles. The van der Waals surface area contributed by atoms with E-state index in [2.05, 4.69) is 97.5 Å². The maximum Gasteiger partial charge on any atom is 0.123 e. The van der Waals surface area contributed by atoms with Crippen LogP contribution in [-0.2, 0) is 17.1 Å². The molecule has 0 aromatic heterocycles. The Labute approximate surface area is 267 Å². The fraction of sp³-hybridized carbons (Fsp3) is 0.0811. The van der Waals surface area contributed by atoms with Gasteiger partial charge in [-0.1, -0.05) is 91.9 Å². The van der Waals surface area contributed by atoms with Gasteiger partial charge in [0, 0.05) is 25.1 Å². The molecule has 43 heavy (non-hydrogen) atoms. The molecule has 224 valence electrons. The third-order valence-corrected chi connectivity index (χ3v) is 12.1. The molecule has 0 amide bonds.